The topological polar surface area (TPSA) is 47.3 Å². The molecule has 1 saturated heterocycles. The van der Waals surface area contributed by atoms with Gasteiger partial charge in [-0.25, -0.2) is 0 Å². The molecule has 18 heavy (non-hydrogen) atoms. The fourth-order valence-corrected chi connectivity index (χ4v) is 2.55. The largest absolute Gasteiger partial charge is 0.390 e. The third-order valence-corrected chi connectivity index (χ3v) is 3.72. The molecule has 0 spiro atoms. The molecule has 1 aliphatic rings. The number of aliphatic hydroxyl groups is 1. The Morgan fingerprint density at radius 2 is 2.17 bits per heavy atom. The van der Waals surface area contributed by atoms with Crippen molar-refractivity contribution >= 4 is 17.3 Å². The lowest BCUT2D eigenvalue weighted by atomic mass is 9.98. The maximum absolute atomic E-state index is 10.1. The smallest absolute Gasteiger partial charge is 0.101 e. The molecule has 1 aromatic carbocycles. The molecule has 0 bridgehead atoms. The summed E-state index contributed by atoms with van der Waals surface area (Å²) >= 11 is 5.90. The highest BCUT2D eigenvalue weighted by molar-refractivity contribution is 6.30. The maximum atomic E-state index is 10.1. The van der Waals surface area contributed by atoms with E-state index in [0.29, 0.717) is 10.6 Å². The summed E-state index contributed by atoms with van der Waals surface area (Å²) in [7, 11) is 0. The molecule has 0 aromatic heterocycles. The summed E-state index contributed by atoms with van der Waals surface area (Å²) in [6, 6.07) is 7.58. The van der Waals surface area contributed by atoms with E-state index in [1.165, 1.54) is 0 Å². The van der Waals surface area contributed by atoms with Crippen molar-refractivity contribution in [1.82, 2.24) is 0 Å². The van der Waals surface area contributed by atoms with Gasteiger partial charge in [-0.1, -0.05) is 11.6 Å². The standard InChI is InChI=1S/C14H17ClN2O/c1-14(18)5-2-7-17(8-6-14)13-4-3-12(15)9-11(13)10-16/h3-4,9,18H,2,5-8H2,1H3. The van der Waals surface area contributed by atoms with E-state index in [0.717, 1.165) is 38.0 Å². The van der Waals surface area contributed by atoms with Crippen LogP contribution in [0, 0.1) is 11.3 Å². The minimum Gasteiger partial charge on any atom is -0.390 e. The predicted octanol–water partition coefficient (Wildman–Crippen LogP) is 2.95. The summed E-state index contributed by atoms with van der Waals surface area (Å²) < 4.78 is 0. The number of nitriles is 1. The first-order chi connectivity index (χ1) is 8.52. The van der Waals surface area contributed by atoms with Crippen LogP contribution >= 0.6 is 11.6 Å². The monoisotopic (exact) mass is 264 g/mol. The van der Waals surface area contributed by atoms with Crippen molar-refractivity contribution in [3.05, 3.63) is 28.8 Å². The summed E-state index contributed by atoms with van der Waals surface area (Å²) in [6.45, 7) is 3.51. The molecule has 0 amide bonds. The molecule has 0 saturated carbocycles. The molecule has 3 nitrogen and oxygen atoms in total. The second kappa shape index (κ2) is 5.17. The van der Waals surface area contributed by atoms with Gasteiger partial charge >= 0.3 is 0 Å². The van der Waals surface area contributed by atoms with Gasteiger partial charge in [0.2, 0.25) is 0 Å². The number of anilines is 1. The quantitative estimate of drug-likeness (QED) is 0.848. The van der Waals surface area contributed by atoms with Gasteiger partial charge in [0.1, 0.15) is 6.07 Å². The zero-order chi connectivity index (χ0) is 13.2. The van der Waals surface area contributed by atoms with Crippen LogP contribution in [0.4, 0.5) is 5.69 Å². The third-order valence-electron chi connectivity index (χ3n) is 3.48. The van der Waals surface area contributed by atoms with Crippen LogP contribution < -0.4 is 4.90 Å². The van der Waals surface area contributed by atoms with Crippen LogP contribution in [0.5, 0.6) is 0 Å². The second-order valence-electron chi connectivity index (χ2n) is 5.11. The van der Waals surface area contributed by atoms with E-state index in [4.69, 9.17) is 16.9 Å². The molecule has 1 unspecified atom stereocenters. The zero-order valence-electron chi connectivity index (χ0n) is 10.5. The Kier molecular flexibility index (Phi) is 3.79. The Balaban J connectivity index is 2.24. The number of rotatable bonds is 1. The summed E-state index contributed by atoms with van der Waals surface area (Å²) in [6.07, 6.45) is 2.46. The molecular weight excluding hydrogens is 248 g/mol. The molecule has 1 N–H and O–H groups in total. The van der Waals surface area contributed by atoms with Gasteiger partial charge in [-0.05, 0) is 44.4 Å². The summed E-state index contributed by atoms with van der Waals surface area (Å²) in [4.78, 5) is 2.16. The number of hydrogen-bond donors (Lipinski definition) is 1. The van der Waals surface area contributed by atoms with Crippen LogP contribution in [-0.2, 0) is 0 Å². The van der Waals surface area contributed by atoms with Gasteiger partial charge in [0, 0.05) is 18.1 Å². The molecule has 1 aromatic rings. The number of hydrogen-bond acceptors (Lipinski definition) is 3. The summed E-state index contributed by atoms with van der Waals surface area (Å²) in [5.74, 6) is 0. The van der Waals surface area contributed by atoms with E-state index >= 15 is 0 Å². The minimum atomic E-state index is -0.589. The van der Waals surface area contributed by atoms with E-state index in [2.05, 4.69) is 11.0 Å². The number of halogens is 1. The minimum absolute atomic E-state index is 0.581. The van der Waals surface area contributed by atoms with Crippen LogP contribution in [0.25, 0.3) is 0 Å². The van der Waals surface area contributed by atoms with Crippen molar-refractivity contribution in [2.75, 3.05) is 18.0 Å². The van der Waals surface area contributed by atoms with E-state index in [-0.39, 0.29) is 0 Å². The van der Waals surface area contributed by atoms with E-state index in [1.54, 1.807) is 12.1 Å². The molecule has 1 atom stereocenters. The average Bonchev–Trinajstić information content (AvgIpc) is 2.50. The van der Waals surface area contributed by atoms with E-state index in [1.807, 2.05) is 13.0 Å². The van der Waals surface area contributed by atoms with Gasteiger partial charge in [-0.15, -0.1) is 0 Å². The molecule has 0 aliphatic carbocycles. The van der Waals surface area contributed by atoms with Crippen LogP contribution in [0.3, 0.4) is 0 Å². The lowest BCUT2D eigenvalue weighted by molar-refractivity contribution is 0.0481. The Bertz CT molecular complexity index is 479. The first-order valence-electron chi connectivity index (χ1n) is 6.19. The highest BCUT2D eigenvalue weighted by atomic mass is 35.5. The van der Waals surface area contributed by atoms with Crippen molar-refractivity contribution in [3.63, 3.8) is 0 Å². The third kappa shape index (κ3) is 2.95. The molecule has 1 aliphatic heterocycles. The molecule has 1 heterocycles. The number of benzene rings is 1. The van der Waals surface area contributed by atoms with E-state index in [9.17, 15) is 5.11 Å². The molecule has 4 heteroatoms. The number of nitrogens with zero attached hydrogens (tertiary/aromatic N) is 2. The van der Waals surface area contributed by atoms with Crippen LogP contribution in [0.1, 0.15) is 31.7 Å². The van der Waals surface area contributed by atoms with Gasteiger partial charge in [0.05, 0.1) is 16.9 Å². The van der Waals surface area contributed by atoms with Crippen molar-refractivity contribution in [1.29, 1.82) is 5.26 Å². The van der Waals surface area contributed by atoms with Crippen LogP contribution in [-0.4, -0.2) is 23.8 Å². The van der Waals surface area contributed by atoms with E-state index < -0.39 is 5.60 Å². The fourth-order valence-electron chi connectivity index (χ4n) is 2.38. The van der Waals surface area contributed by atoms with Gasteiger partial charge in [-0.3, -0.25) is 0 Å². The van der Waals surface area contributed by atoms with Gasteiger partial charge in [0.15, 0.2) is 0 Å². The highest BCUT2D eigenvalue weighted by Crippen LogP contribution is 2.28. The Morgan fingerprint density at radius 1 is 1.39 bits per heavy atom. The lowest BCUT2D eigenvalue weighted by Crippen LogP contribution is -2.28. The normalized spacial score (nSPS) is 24.4. The Morgan fingerprint density at radius 3 is 2.89 bits per heavy atom. The van der Waals surface area contributed by atoms with Crippen LogP contribution in [0.15, 0.2) is 18.2 Å². The Hall–Kier alpha value is -1.24. The van der Waals surface area contributed by atoms with Crippen molar-refractivity contribution in [2.45, 2.75) is 31.8 Å². The molecule has 1 fully saturated rings. The Labute approximate surface area is 113 Å². The highest BCUT2D eigenvalue weighted by Gasteiger charge is 2.25. The SMILES string of the molecule is CC1(O)CCCN(c2ccc(Cl)cc2C#N)CC1. The molecule has 0 radical (unpaired) electrons. The predicted molar refractivity (Wildman–Crippen MR) is 72.9 cm³/mol. The van der Waals surface area contributed by atoms with Gasteiger partial charge in [0.25, 0.3) is 0 Å². The van der Waals surface area contributed by atoms with Crippen molar-refractivity contribution in [3.8, 4) is 6.07 Å². The second-order valence-corrected chi connectivity index (χ2v) is 5.55. The zero-order valence-corrected chi connectivity index (χ0v) is 11.2. The maximum Gasteiger partial charge on any atom is 0.101 e. The van der Waals surface area contributed by atoms with Crippen molar-refractivity contribution in [2.24, 2.45) is 0 Å². The van der Waals surface area contributed by atoms with Gasteiger partial charge < -0.3 is 10.0 Å². The van der Waals surface area contributed by atoms with Crippen molar-refractivity contribution < 1.29 is 5.11 Å². The fraction of sp³-hybridized carbons (Fsp3) is 0.500. The molecule has 2 rings (SSSR count). The molecular formula is C14H17ClN2O. The summed E-state index contributed by atoms with van der Waals surface area (Å²) in [5, 5.41) is 19.8. The first kappa shape index (κ1) is 13.2. The average molecular weight is 265 g/mol. The first-order valence-corrected chi connectivity index (χ1v) is 6.57. The van der Waals surface area contributed by atoms with Crippen LogP contribution in [0.2, 0.25) is 5.02 Å². The summed E-state index contributed by atoms with van der Waals surface area (Å²) in [5.41, 5.74) is 0.928. The lowest BCUT2D eigenvalue weighted by Gasteiger charge is -2.25. The van der Waals surface area contributed by atoms with Gasteiger partial charge in [-0.2, -0.15) is 5.26 Å². The molecule has 96 valence electrons.